The first-order valence-electron chi connectivity index (χ1n) is 12.3. The van der Waals surface area contributed by atoms with E-state index in [-0.39, 0.29) is 12.5 Å². The Kier molecular flexibility index (Phi) is 10.9. The van der Waals surface area contributed by atoms with Crippen LogP contribution in [0.1, 0.15) is 41.6 Å². The summed E-state index contributed by atoms with van der Waals surface area (Å²) in [7, 11) is 2.12. The van der Waals surface area contributed by atoms with Crippen LogP contribution >= 0.6 is 0 Å². The molecule has 0 aromatic heterocycles. The number of amides is 2. The topological polar surface area (TPSA) is 100 Å². The Morgan fingerprint density at radius 1 is 1.06 bits per heavy atom. The van der Waals surface area contributed by atoms with E-state index in [4.69, 9.17) is 9.47 Å². The monoisotopic (exact) mass is 474 g/mol. The minimum absolute atomic E-state index is 0.277. The van der Waals surface area contributed by atoms with E-state index < -0.39 is 17.7 Å². The number of carbonyl (C=O) groups excluding carboxylic acids is 3. The number of fused-ring (bicyclic) bond motifs is 1. The van der Waals surface area contributed by atoms with Crippen LogP contribution in [0.5, 0.6) is 0 Å². The van der Waals surface area contributed by atoms with Crippen molar-refractivity contribution in [3.63, 3.8) is 0 Å². The molecule has 0 saturated carbocycles. The summed E-state index contributed by atoms with van der Waals surface area (Å²) in [6, 6.07) is 6.27. The molecule has 1 unspecified atom stereocenters. The fraction of sp³-hybridized carbons (Fsp3) is 0.640. The van der Waals surface area contributed by atoms with Crippen molar-refractivity contribution in [2.45, 2.75) is 38.3 Å². The van der Waals surface area contributed by atoms with Gasteiger partial charge in [-0.25, -0.2) is 0 Å². The Morgan fingerprint density at radius 3 is 2.65 bits per heavy atom. The molecule has 3 rings (SSSR count). The maximum atomic E-state index is 13.0. The quantitative estimate of drug-likeness (QED) is 0.465. The van der Waals surface area contributed by atoms with Crippen LogP contribution in [0.3, 0.4) is 0 Å². The van der Waals surface area contributed by atoms with Gasteiger partial charge in [0, 0.05) is 44.9 Å². The van der Waals surface area contributed by atoms with E-state index in [9.17, 15) is 14.4 Å². The number of hydrogen-bond acceptors (Lipinski definition) is 7. The molecule has 2 amide bonds. The molecule has 9 heteroatoms. The Balaban J connectivity index is 1.55. The highest BCUT2D eigenvalue weighted by Crippen LogP contribution is 2.13. The summed E-state index contributed by atoms with van der Waals surface area (Å²) >= 11 is 0. The number of Topliss-reactive ketones (excluding diaryl/α,β-unsaturated/α-hetero) is 1. The molecule has 1 atom stereocenters. The van der Waals surface area contributed by atoms with Crippen LogP contribution in [0.2, 0.25) is 0 Å². The fourth-order valence-electron chi connectivity index (χ4n) is 4.15. The van der Waals surface area contributed by atoms with Gasteiger partial charge in [0.2, 0.25) is 5.78 Å². The first-order valence-corrected chi connectivity index (χ1v) is 12.3. The van der Waals surface area contributed by atoms with Crippen molar-refractivity contribution in [3.05, 3.63) is 35.4 Å². The predicted molar refractivity (Wildman–Crippen MR) is 129 cm³/mol. The van der Waals surface area contributed by atoms with E-state index in [2.05, 4.69) is 27.5 Å². The van der Waals surface area contributed by atoms with Crippen LogP contribution in [0.15, 0.2) is 24.3 Å². The molecule has 0 radical (unpaired) electrons. The van der Waals surface area contributed by atoms with Crippen LogP contribution < -0.4 is 10.6 Å². The van der Waals surface area contributed by atoms with Gasteiger partial charge in [0.25, 0.3) is 11.8 Å². The highest BCUT2D eigenvalue weighted by atomic mass is 16.5. The number of ketones is 1. The maximum Gasteiger partial charge on any atom is 0.289 e. The lowest BCUT2D eigenvalue weighted by Crippen LogP contribution is -2.48. The predicted octanol–water partition coefficient (Wildman–Crippen LogP) is 0.825. The van der Waals surface area contributed by atoms with Gasteiger partial charge in [-0.3, -0.25) is 14.4 Å². The van der Waals surface area contributed by atoms with Crippen molar-refractivity contribution in [2.24, 2.45) is 0 Å². The maximum absolute atomic E-state index is 13.0. The van der Waals surface area contributed by atoms with Crippen LogP contribution in [-0.2, 0) is 25.7 Å². The van der Waals surface area contributed by atoms with Gasteiger partial charge in [-0.15, -0.1) is 0 Å². The Morgan fingerprint density at radius 2 is 1.82 bits per heavy atom. The van der Waals surface area contributed by atoms with E-state index in [0.29, 0.717) is 44.8 Å². The Bertz CT molecular complexity index is 810. The molecule has 34 heavy (non-hydrogen) atoms. The fourth-order valence-corrected chi connectivity index (χ4v) is 4.15. The average Bonchev–Trinajstić information content (AvgIpc) is 2.85. The summed E-state index contributed by atoms with van der Waals surface area (Å²) in [4.78, 5) is 43.2. The van der Waals surface area contributed by atoms with E-state index in [0.717, 1.165) is 51.1 Å². The lowest BCUT2D eigenvalue weighted by atomic mass is 10.0. The summed E-state index contributed by atoms with van der Waals surface area (Å²) in [6.07, 6.45) is 2.57. The second-order valence-corrected chi connectivity index (χ2v) is 8.96. The Labute approximate surface area is 202 Å². The molecule has 0 bridgehead atoms. The number of nitrogens with zero attached hydrogens (tertiary/aromatic N) is 2. The van der Waals surface area contributed by atoms with Gasteiger partial charge in [0.1, 0.15) is 0 Å². The third-order valence-electron chi connectivity index (χ3n) is 6.30. The minimum atomic E-state index is -0.873. The number of nitrogens with one attached hydrogen (secondary N) is 2. The molecule has 2 heterocycles. The molecule has 1 aromatic rings. The van der Waals surface area contributed by atoms with Gasteiger partial charge in [-0.2, -0.15) is 0 Å². The third-order valence-corrected chi connectivity index (χ3v) is 6.30. The number of carbonyl (C=O) groups is 3. The molecule has 2 N–H and O–H groups in total. The number of benzene rings is 1. The van der Waals surface area contributed by atoms with Crippen molar-refractivity contribution in [1.82, 2.24) is 20.4 Å². The van der Waals surface area contributed by atoms with E-state index in [1.807, 2.05) is 12.1 Å². The van der Waals surface area contributed by atoms with Gasteiger partial charge in [-0.05, 0) is 50.9 Å². The molecule has 1 aromatic carbocycles. The van der Waals surface area contributed by atoms with Crippen LogP contribution in [-0.4, -0.2) is 99.6 Å². The summed E-state index contributed by atoms with van der Waals surface area (Å²) in [5, 5.41) is 5.54. The summed E-state index contributed by atoms with van der Waals surface area (Å²) in [5.74, 6) is -1.61. The zero-order valence-corrected chi connectivity index (χ0v) is 20.2. The van der Waals surface area contributed by atoms with E-state index >= 15 is 0 Å². The second-order valence-electron chi connectivity index (χ2n) is 8.96. The largest absolute Gasteiger partial charge is 0.379 e. The molecule has 0 aliphatic carbocycles. The van der Waals surface area contributed by atoms with Gasteiger partial charge >= 0.3 is 0 Å². The Hall–Kier alpha value is -2.33. The SMILES string of the molecule is CN1CCN(CCCNC(=O)C(=O)C2CCCCOCCOCc3ccccc3C(=O)N2)CC1. The van der Waals surface area contributed by atoms with E-state index in [1.165, 1.54) is 0 Å². The molecular weight excluding hydrogens is 436 g/mol. The van der Waals surface area contributed by atoms with Crippen molar-refractivity contribution in [3.8, 4) is 0 Å². The first kappa shape index (κ1) is 26.3. The minimum Gasteiger partial charge on any atom is -0.379 e. The van der Waals surface area contributed by atoms with Crippen LogP contribution in [0, 0.1) is 0 Å². The standard InChI is InChI=1S/C25H38N4O5/c1-28-12-14-29(15-13-28)11-6-10-26-25(32)23(30)22-9-4-5-16-33-17-18-34-19-20-7-2-3-8-21(20)24(31)27-22/h2-3,7-8,22H,4-6,9-19H2,1H3,(H,26,32)(H,27,31). The molecule has 1 fully saturated rings. The van der Waals surface area contributed by atoms with Crippen molar-refractivity contribution >= 4 is 17.6 Å². The molecule has 188 valence electrons. The van der Waals surface area contributed by atoms with Crippen LogP contribution in [0.25, 0.3) is 0 Å². The highest BCUT2D eigenvalue weighted by molar-refractivity contribution is 6.38. The number of rotatable bonds is 6. The number of hydrogen-bond donors (Lipinski definition) is 2. The summed E-state index contributed by atoms with van der Waals surface area (Å²) in [6.45, 7) is 7.22. The zero-order valence-electron chi connectivity index (χ0n) is 20.2. The first-order chi connectivity index (χ1) is 16.5. The second kappa shape index (κ2) is 14.2. The van der Waals surface area contributed by atoms with Gasteiger partial charge in [0.15, 0.2) is 0 Å². The van der Waals surface area contributed by atoms with Crippen molar-refractivity contribution < 1.29 is 23.9 Å². The van der Waals surface area contributed by atoms with Gasteiger partial charge < -0.3 is 29.9 Å². The van der Waals surface area contributed by atoms with Crippen molar-refractivity contribution in [1.29, 1.82) is 0 Å². The van der Waals surface area contributed by atoms with Gasteiger partial charge in [-0.1, -0.05) is 18.2 Å². The number of ether oxygens (including phenoxy) is 2. The molecule has 2 aliphatic heterocycles. The molecule has 9 nitrogen and oxygen atoms in total. The molecule has 2 aliphatic rings. The lowest BCUT2D eigenvalue weighted by molar-refractivity contribution is -0.139. The molecule has 0 spiro atoms. The average molecular weight is 475 g/mol. The summed E-state index contributed by atoms with van der Waals surface area (Å²) < 4.78 is 11.2. The van der Waals surface area contributed by atoms with E-state index in [1.54, 1.807) is 12.1 Å². The normalized spacial score (nSPS) is 21.7. The molecular formula is C25H38N4O5. The third kappa shape index (κ3) is 8.47. The van der Waals surface area contributed by atoms with Crippen LogP contribution in [0.4, 0.5) is 0 Å². The van der Waals surface area contributed by atoms with Gasteiger partial charge in [0.05, 0.1) is 25.9 Å². The smallest absolute Gasteiger partial charge is 0.289 e. The lowest BCUT2D eigenvalue weighted by Gasteiger charge is -2.32. The zero-order chi connectivity index (χ0) is 24.2. The molecule has 1 saturated heterocycles. The number of likely N-dealkylation sites (N-methyl/N-ethyl adjacent to an activating group) is 1. The highest BCUT2D eigenvalue weighted by Gasteiger charge is 2.27. The summed E-state index contributed by atoms with van der Waals surface area (Å²) in [5.41, 5.74) is 1.18. The van der Waals surface area contributed by atoms with Crippen molar-refractivity contribution in [2.75, 3.05) is 66.1 Å². The number of piperazine rings is 1.